The van der Waals surface area contributed by atoms with Crippen LogP contribution in [0, 0.1) is 0 Å². The average molecular weight is 333 g/mol. The molecule has 24 heavy (non-hydrogen) atoms. The van der Waals surface area contributed by atoms with Gasteiger partial charge < -0.3 is 5.11 Å². The molecule has 0 aliphatic carbocycles. The van der Waals surface area contributed by atoms with Crippen LogP contribution in [0.3, 0.4) is 0 Å². The minimum Gasteiger partial charge on any atom is -0.506 e. The van der Waals surface area contributed by atoms with Crippen LogP contribution < -0.4 is 4.57 Å². The molecule has 3 nitrogen and oxygen atoms in total. The molecule has 1 N–H and O–H groups in total. The Hall–Kier alpha value is -2.72. The van der Waals surface area contributed by atoms with E-state index in [9.17, 15) is 5.11 Å². The second kappa shape index (κ2) is 6.06. The third-order valence-corrected chi connectivity index (χ3v) is 5.27. The van der Waals surface area contributed by atoms with Gasteiger partial charge >= 0.3 is 0 Å². The number of aromatic hydroxyl groups is 1. The van der Waals surface area contributed by atoms with Gasteiger partial charge in [0.15, 0.2) is 0 Å². The van der Waals surface area contributed by atoms with Gasteiger partial charge in [-0.3, -0.25) is 4.98 Å². The number of rotatable bonds is 3. The molecule has 0 aliphatic heterocycles. The van der Waals surface area contributed by atoms with E-state index in [4.69, 9.17) is 0 Å². The predicted molar refractivity (Wildman–Crippen MR) is 100 cm³/mol. The summed E-state index contributed by atoms with van der Waals surface area (Å²) in [5, 5.41) is 12.1. The lowest BCUT2D eigenvalue weighted by Crippen LogP contribution is -2.33. The van der Waals surface area contributed by atoms with Gasteiger partial charge in [-0.1, -0.05) is 35.6 Å². The number of para-hydroxylation sites is 1. The molecule has 4 heteroatoms. The van der Waals surface area contributed by atoms with Crippen molar-refractivity contribution in [2.24, 2.45) is 0 Å². The molecule has 4 rings (SSSR count). The molecule has 0 amide bonds. The lowest BCUT2D eigenvalue weighted by molar-refractivity contribution is -0.665. The van der Waals surface area contributed by atoms with E-state index in [-0.39, 0.29) is 5.75 Å². The average Bonchev–Trinajstić information content (AvgIpc) is 2.99. The molecular weight excluding hydrogens is 316 g/mol. The largest absolute Gasteiger partial charge is 0.506 e. The van der Waals surface area contributed by atoms with Gasteiger partial charge in [-0.15, -0.1) is 0 Å². The van der Waals surface area contributed by atoms with Crippen molar-refractivity contribution in [2.75, 3.05) is 0 Å². The van der Waals surface area contributed by atoms with Crippen LogP contribution in [0.4, 0.5) is 0 Å². The molecule has 0 unspecified atom stereocenters. The van der Waals surface area contributed by atoms with Crippen LogP contribution in [0.25, 0.3) is 33.3 Å². The maximum atomic E-state index is 9.97. The molecule has 0 radical (unpaired) electrons. The van der Waals surface area contributed by atoms with Gasteiger partial charge in [-0.2, -0.15) is 4.57 Å². The number of aryl methyl sites for hydroxylation is 1. The van der Waals surface area contributed by atoms with Crippen LogP contribution in [0.5, 0.6) is 5.75 Å². The third kappa shape index (κ3) is 2.45. The van der Waals surface area contributed by atoms with E-state index in [0.717, 1.165) is 17.5 Å². The standard InChI is InChI=1S/C20H16N2OS/c1-2-22-16-7-3-4-8-18(16)24-19(22)12-10-14-9-11-17(23)20-15(14)6-5-13-21-20/h3-13H,2H2,1H3/p+1. The zero-order valence-corrected chi connectivity index (χ0v) is 14.1. The molecule has 0 saturated heterocycles. The Morgan fingerprint density at radius 2 is 1.96 bits per heavy atom. The first-order chi connectivity index (χ1) is 11.8. The van der Waals surface area contributed by atoms with Crippen molar-refractivity contribution in [3.05, 3.63) is 65.3 Å². The first-order valence-electron chi connectivity index (χ1n) is 7.94. The number of fused-ring (bicyclic) bond motifs is 2. The Labute approximate surface area is 144 Å². The van der Waals surface area contributed by atoms with Gasteiger partial charge in [0.25, 0.3) is 5.01 Å². The van der Waals surface area contributed by atoms with Crippen LogP contribution in [0.15, 0.2) is 54.7 Å². The van der Waals surface area contributed by atoms with Crippen molar-refractivity contribution in [1.82, 2.24) is 4.98 Å². The summed E-state index contributed by atoms with van der Waals surface area (Å²) in [6, 6.07) is 16.0. The van der Waals surface area contributed by atoms with Crippen molar-refractivity contribution in [1.29, 1.82) is 0 Å². The first kappa shape index (κ1) is 14.8. The predicted octanol–water partition coefficient (Wildman–Crippen LogP) is 4.63. The van der Waals surface area contributed by atoms with Crippen LogP contribution in [-0.2, 0) is 6.54 Å². The molecule has 4 aromatic rings. The number of phenols is 1. The number of pyridine rings is 1. The highest BCUT2D eigenvalue weighted by atomic mass is 32.1. The summed E-state index contributed by atoms with van der Waals surface area (Å²) in [4.78, 5) is 4.28. The first-order valence-corrected chi connectivity index (χ1v) is 8.75. The minimum absolute atomic E-state index is 0.216. The van der Waals surface area contributed by atoms with Crippen molar-refractivity contribution in [3.63, 3.8) is 0 Å². The molecule has 2 heterocycles. The van der Waals surface area contributed by atoms with Crippen molar-refractivity contribution >= 4 is 44.6 Å². The molecule has 0 saturated carbocycles. The van der Waals surface area contributed by atoms with Crippen molar-refractivity contribution in [3.8, 4) is 5.75 Å². The van der Waals surface area contributed by atoms with E-state index in [1.54, 1.807) is 23.6 Å². The molecular formula is C20H17N2OS+. The summed E-state index contributed by atoms with van der Waals surface area (Å²) >= 11 is 1.79. The lowest BCUT2D eigenvalue weighted by atomic mass is 10.1. The Morgan fingerprint density at radius 3 is 2.83 bits per heavy atom. The lowest BCUT2D eigenvalue weighted by Gasteiger charge is -2.03. The number of hydrogen-bond acceptors (Lipinski definition) is 3. The monoisotopic (exact) mass is 333 g/mol. The van der Waals surface area contributed by atoms with Crippen LogP contribution in [0.2, 0.25) is 0 Å². The number of benzene rings is 2. The quantitative estimate of drug-likeness (QED) is 0.555. The fourth-order valence-electron chi connectivity index (χ4n) is 2.99. The molecule has 0 atom stereocenters. The van der Waals surface area contributed by atoms with Crippen LogP contribution in [-0.4, -0.2) is 10.1 Å². The summed E-state index contributed by atoms with van der Waals surface area (Å²) in [6.45, 7) is 3.10. The van der Waals surface area contributed by atoms with Gasteiger partial charge in [0.05, 0.1) is 0 Å². The zero-order valence-electron chi connectivity index (χ0n) is 13.3. The normalized spacial score (nSPS) is 11.7. The third-order valence-electron chi connectivity index (χ3n) is 4.14. The SMILES string of the molecule is CC[n+]1c(/C=C/c2ccc(O)c3ncccc23)sc2ccccc21. The van der Waals surface area contributed by atoms with E-state index in [1.165, 1.54) is 15.2 Å². The molecule has 118 valence electrons. The highest BCUT2D eigenvalue weighted by Crippen LogP contribution is 2.27. The Kier molecular flexibility index (Phi) is 3.75. The molecule has 2 aromatic heterocycles. The summed E-state index contributed by atoms with van der Waals surface area (Å²) in [5.74, 6) is 0.216. The Morgan fingerprint density at radius 1 is 1.08 bits per heavy atom. The van der Waals surface area contributed by atoms with E-state index in [0.29, 0.717) is 5.52 Å². The number of thiazole rings is 1. The van der Waals surface area contributed by atoms with Gasteiger partial charge in [0.2, 0.25) is 5.52 Å². The maximum absolute atomic E-state index is 9.97. The second-order valence-electron chi connectivity index (χ2n) is 5.56. The Balaban J connectivity index is 1.83. The molecule has 0 bridgehead atoms. The van der Waals surface area contributed by atoms with Gasteiger partial charge in [0.1, 0.15) is 22.5 Å². The fraction of sp³-hybridized carbons (Fsp3) is 0.100. The van der Waals surface area contributed by atoms with E-state index in [1.807, 2.05) is 18.2 Å². The highest BCUT2D eigenvalue weighted by molar-refractivity contribution is 7.18. The number of phenolic OH excluding ortho intramolecular Hbond substituents is 1. The van der Waals surface area contributed by atoms with E-state index in [2.05, 4.69) is 52.9 Å². The molecule has 0 aliphatic rings. The van der Waals surface area contributed by atoms with Crippen LogP contribution >= 0.6 is 11.3 Å². The maximum Gasteiger partial charge on any atom is 0.262 e. The van der Waals surface area contributed by atoms with Gasteiger partial charge in [-0.25, -0.2) is 0 Å². The number of nitrogens with zero attached hydrogens (tertiary/aromatic N) is 2. The topological polar surface area (TPSA) is 37.0 Å². The smallest absolute Gasteiger partial charge is 0.262 e. The van der Waals surface area contributed by atoms with Crippen molar-refractivity contribution < 1.29 is 9.67 Å². The fourth-order valence-corrected chi connectivity index (χ4v) is 4.12. The minimum atomic E-state index is 0.216. The van der Waals surface area contributed by atoms with Gasteiger partial charge in [0, 0.05) is 23.7 Å². The van der Waals surface area contributed by atoms with E-state index < -0.39 is 0 Å². The number of hydrogen-bond donors (Lipinski definition) is 1. The molecule has 2 aromatic carbocycles. The van der Waals surface area contributed by atoms with Crippen molar-refractivity contribution in [2.45, 2.75) is 13.5 Å². The Bertz CT molecular complexity index is 1070. The van der Waals surface area contributed by atoms with Gasteiger partial charge in [-0.05, 0) is 36.8 Å². The molecule has 0 spiro atoms. The summed E-state index contributed by atoms with van der Waals surface area (Å²) in [7, 11) is 0. The summed E-state index contributed by atoms with van der Waals surface area (Å²) < 4.78 is 3.60. The molecule has 0 fully saturated rings. The zero-order chi connectivity index (χ0) is 16.5. The summed E-state index contributed by atoms with van der Waals surface area (Å²) in [6.07, 6.45) is 5.94. The second-order valence-corrected chi connectivity index (χ2v) is 6.62. The van der Waals surface area contributed by atoms with Crippen LogP contribution in [0.1, 0.15) is 17.5 Å². The highest BCUT2D eigenvalue weighted by Gasteiger charge is 2.16. The number of aromatic nitrogens is 2. The van der Waals surface area contributed by atoms with E-state index >= 15 is 0 Å². The summed E-state index contributed by atoms with van der Waals surface area (Å²) in [5.41, 5.74) is 2.96.